The van der Waals surface area contributed by atoms with Gasteiger partial charge in [0.25, 0.3) is 11.8 Å². The minimum Gasteiger partial charge on any atom is -0.496 e. The summed E-state index contributed by atoms with van der Waals surface area (Å²) < 4.78 is 17.1. The summed E-state index contributed by atoms with van der Waals surface area (Å²) in [5, 5.41) is 0. The van der Waals surface area contributed by atoms with Gasteiger partial charge in [-0.15, -0.1) is 0 Å². The summed E-state index contributed by atoms with van der Waals surface area (Å²) >= 11 is 3.47. The molecule has 160 valence electrons. The number of fused-ring (bicyclic) bond motifs is 2. The molecule has 2 amide bonds. The van der Waals surface area contributed by atoms with Crippen LogP contribution in [-0.4, -0.2) is 30.6 Å². The van der Waals surface area contributed by atoms with Gasteiger partial charge >= 0.3 is 0 Å². The molecule has 0 bridgehead atoms. The molecule has 5 rings (SSSR count). The second kappa shape index (κ2) is 8.16. The van der Waals surface area contributed by atoms with Crippen molar-refractivity contribution in [2.45, 2.75) is 6.54 Å². The molecule has 2 aliphatic heterocycles. The van der Waals surface area contributed by atoms with Crippen LogP contribution in [-0.2, 0) is 11.3 Å². The molecule has 2 heterocycles. The average molecular weight is 492 g/mol. The van der Waals surface area contributed by atoms with Crippen LogP contribution in [0.1, 0.15) is 27.0 Å². The molecule has 0 unspecified atom stereocenters. The van der Waals surface area contributed by atoms with Gasteiger partial charge in [-0.1, -0.05) is 40.2 Å². The minimum absolute atomic E-state index is 0.121. The van der Waals surface area contributed by atoms with Crippen molar-refractivity contribution in [2.24, 2.45) is 0 Å². The Morgan fingerprint density at radius 1 is 0.969 bits per heavy atom. The van der Waals surface area contributed by atoms with E-state index in [0.717, 1.165) is 15.6 Å². The number of amides is 2. The third kappa shape index (κ3) is 3.54. The lowest BCUT2D eigenvalue weighted by Crippen LogP contribution is -2.41. The largest absolute Gasteiger partial charge is 0.496 e. The summed E-state index contributed by atoms with van der Waals surface area (Å²) in [6.07, 6.45) is 1.77. The van der Waals surface area contributed by atoms with E-state index in [-0.39, 0.29) is 25.2 Å². The van der Waals surface area contributed by atoms with Crippen LogP contribution in [0.4, 0.5) is 0 Å². The fourth-order valence-electron chi connectivity index (χ4n) is 3.88. The number of carbonyl (C=O) groups excluding carboxylic acids is 2. The van der Waals surface area contributed by atoms with Crippen LogP contribution in [0.2, 0.25) is 0 Å². The second-order valence-corrected chi connectivity index (χ2v) is 8.29. The van der Waals surface area contributed by atoms with Crippen molar-refractivity contribution in [1.82, 2.24) is 4.90 Å². The SMILES string of the molecule is COc1ccc(Br)cc1C=C1C(=O)N(Cc2ccc3c(c2)OCO3)C(=O)c2ccccc21. The van der Waals surface area contributed by atoms with Gasteiger partial charge in [-0.05, 0) is 53.6 Å². The molecular formula is C25H18BrNO5. The van der Waals surface area contributed by atoms with Crippen LogP contribution in [0, 0.1) is 0 Å². The number of halogens is 1. The number of rotatable bonds is 4. The number of hydrogen-bond acceptors (Lipinski definition) is 5. The first-order valence-electron chi connectivity index (χ1n) is 9.94. The average Bonchev–Trinajstić information content (AvgIpc) is 3.27. The molecule has 7 heteroatoms. The summed E-state index contributed by atoms with van der Waals surface area (Å²) in [5.74, 6) is 1.19. The fourth-order valence-corrected chi connectivity index (χ4v) is 4.26. The first-order valence-corrected chi connectivity index (χ1v) is 10.7. The van der Waals surface area contributed by atoms with E-state index in [1.54, 1.807) is 43.5 Å². The lowest BCUT2D eigenvalue weighted by Gasteiger charge is -2.29. The normalized spacial score (nSPS) is 15.8. The Kier molecular flexibility index (Phi) is 5.19. The van der Waals surface area contributed by atoms with Gasteiger partial charge in [0, 0.05) is 21.2 Å². The van der Waals surface area contributed by atoms with Gasteiger partial charge in [0.2, 0.25) is 6.79 Å². The lowest BCUT2D eigenvalue weighted by atomic mass is 9.91. The molecule has 3 aromatic carbocycles. The van der Waals surface area contributed by atoms with Crippen molar-refractivity contribution in [3.8, 4) is 17.2 Å². The Balaban J connectivity index is 1.58. The Morgan fingerprint density at radius 2 is 1.75 bits per heavy atom. The smallest absolute Gasteiger partial charge is 0.261 e. The highest BCUT2D eigenvalue weighted by molar-refractivity contribution is 9.10. The zero-order valence-electron chi connectivity index (χ0n) is 17.1. The molecular weight excluding hydrogens is 474 g/mol. The van der Waals surface area contributed by atoms with Gasteiger partial charge in [0.1, 0.15) is 5.75 Å². The molecule has 3 aromatic rings. The van der Waals surface area contributed by atoms with Crippen LogP contribution in [0.5, 0.6) is 17.2 Å². The summed E-state index contributed by atoms with van der Waals surface area (Å²) in [4.78, 5) is 28.0. The molecule has 6 nitrogen and oxygen atoms in total. The number of hydrogen-bond donors (Lipinski definition) is 0. The van der Waals surface area contributed by atoms with Crippen molar-refractivity contribution in [1.29, 1.82) is 0 Å². The number of imide groups is 1. The summed E-state index contributed by atoms with van der Waals surface area (Å²) in [7, 11) is 1.58. The van der Waals surface area contributed by atoms with Crippen LogP contribution in [0.3, 0.4) is 0 Å². The molecule has 0 N–H and O–H groups in total. The first kappa shape index (κ1) is 20.3. The van der Waals surface area contributed by atoms with E-state index in [1.165, 1.54) is 4.90 Å². The van der Waals surface area contributed by atoms with Gasteiger partial charge in [0.05, 0.1) is 13.7 Å². The van der Waals surface area contributed by atoms with Crippen molar-refractivity contribution in [3.05, 3.63) is 87.4 Å². The number of methoxy groups -OCH3 is 1. The molecule has 0 fully saturated rings. The van der Waals surface area contributed by atoms with Crippen LogP contribution < -0.4 is 14.2 Å². The summed E-state index contributed by atoms with van der Waals surface area (Å²) in [6, 6.07) is 18.1. The van der Waals surface area contributed by atoms with E-state index >= 15 is 0 Å². The second-order valence-electron chi connectivity index (χ2n) is 7.37. The molecule has 0 saturated heterocycles. The minimum atomic E-state index is -0.367. The maximum atomic E-state index is 13.6. The van der Waals surface area contributed by atoms with E-state index in [4.69, 9.17) is 14.2 Å². The van der Waals surface area contributed by atoms with Crippen molar-refractivity contribution >= 4 is 39.4 Å². The fraction of sp³-hybridized carbons (Fsp3) is 0.120. The number of ether oxygens (including phenoxy) is 3. The van der Waals surface area contributed by atoms with Crippen LogP contribution >= 0.6 is 15.9 Å². The molecule has 32 heavy (non-hydrogen) atoms. The quantitative estimate of drug-likeness (QED) is 0.383. The molecule has 0 radical (unpaired) electrons. The van der Waals surface area contributed by atoms with Gasteiger partial charge in [-0.25, -0.2) is 0 Å². The highest BCUT2D eigenvalue weighted by Crippen LogP contribution is 2.36. The highest BCUT2D eigenvalue weighted by atomic mass is 79.9. The van der Waals surface area contributed by atoms with Crippen molar-refractivity contribution in [3.63, 3.8) is 0 Å². The standard InChI is InChI=1S/C25H18BrNO5/c1-30-21-9-7-17(26)11-16(21)12-20-18-4-2-3-5-19(18)24(28)27(25(20)29)13-15-6-8-22-23(10-15)32-14-31-22/h2-12H,13-14H2,1H3. The summed E-state index contributed by atoms with van der Waals surface area (Å²) in [5.41, 5.74) is 3.02. The van der Waals surface area contributed by atoms with Gasteiger partial charge < -0.3 is 14.2 Å². The predicted octanol–water partition coefficient (Wildman–Crippen LogP) is 4.91. The molecule has 0 saturated carbocycles. The zero-order valence-corrected chi connectivity index (χ0v) is 18.7. The lowest BCUT2D eigenvalue weighted by molar-refractivity contribution is -0.123. The van der Waals surface area contributed by atoms with E-state index in [0.29, 0.717) is 33.9 Å². The first-order chi connectivity index (χ1) is 15.5. The van der Waals surface area contributed by atoms with E-state index in [2.05, 4.69) is 15.9 Å². The number of nitrogens with zero attached hydrogens (tertiary/aromatic N) is 1. The van der Waals surface area contributed by atoms with Crippen molar-refractivity contribution < 1.29 is 23.8 Å². The Morgan fingerprint density at radius 3 is 2.56 bits per heavy atom. The molecule has 0 spiro atoms. The van der Waals surface area contributed by atoms with Crippen molar-refractivity contribution in [2.75, 3.05) is 13.9 Å². The van der Waals surface area contributed by atoms with E-state index in [1.807, 2.05) is 30.3 Å². The zero-order chi connectivity index (χ0) is 22.2. The Hall–Kier alpha value is -3.58. The van der Waals surface area contributed by atoms with Gasteiger partial charge in [0.15, 0.2) is 11.5 Å². The summed E-state index contributed by atoms with van der Waals surface area (Å²) in [6.45, 7) is 0.282. The maximum absolute atomic E-state index is 13.6. The van der Waals surface area contributed by atoms with Gasteiger partial charge in [-0.3, -0.25) is 14.5 Å². The molecule has 0 atom stereocenters. The highest BCUT2D eigenvalue weighted by Gasteiger charge is 2.35. The Labute approximate surface area is 193 Å². The Bertz CT molecular complexity index is 1280. The molecule has 0 aromatic heterocycles. The third-order valence-electron chi connectivity index (χ3n) is 5.44. The molecule has 2 aliphatic rings. The topological polar surface area (TPSA) is 65.1 Å². The third-order valence-corrected chi connectivity index (χ3v) is 5.93. The van der Waals surface area contributed by atoms with Crippen LogP contribution in [0.25, 0.3) is 11.6 Å². The molecule has 0 aliphatic carbocycles. The monoisotopic (exact) mass is 491 g/mol. The maximum Gasteiger partial charge on any atom is 0.261 e. The van der Waals surface area contributed by atoms with E-state index < -0.39 is 0 Å². The predicted molar refractivity (Wildman–Crippen MR) is 122 cm³/mol. The number of benzene rings is 3. The van der Waals surface area contributed by atoms with Crippen LogP contribution in [0.15, 0.2) is 65.1 Å². The van der Waals surface area contributed by atoms with Gasteiger partial charge in [-0.2, -0.15) is 0 Å². The number of carbonyl (C=O) groups is 2. The van der Waals surface area contributed by atoms with E-state index in [9.17, 15) is 9.59 Å².